The second-order valence-corrected chi connectivity index (χ2v) is 10.5. The highest BCUT2D eigenvalue weighted by Crippen LogP contribution is 2.31. The molecule has 0 fully saturated rings. The number of hydrogen-bond acceptors (Lipinski definition) is 4. The Bertz CT molecular complexity index is 722. The summed E-state index contributed by atoms with van der Waals surface area (Å²) in [6.45, 7) is 11.0. The summed E-state index contributed by atoms with van der Waals surface area (Å²) in [5.74, 6) is -0.325. The van der Waals surface area contributed by atoms with Crippen LogP contribution in [-0.4, -0.2) is 31.6 Å². The minimum atomic E-state index is -1.45. The predicted octanol–water partition coefficient (Wildman–Crippen LogP) is 3.15. The maximum atomic E-state index is 13.1. The molecule has 1 aromatic rings. The average molecular weight is 435 g/mol. The molecule has 0 saturated heterocycles. The molecule has 0 spiro atoms. The third-order valence-electron chi connectivity index (χ3n) is 3.36. The van der Waals surface area contributed by atoms with E-state index in [1.165, 1.54) is 10.6 Å². The van der Waals surface area contributed by atoms with Gasteiger partial charge in [0.25, 0.3) is 5.56 Å². The fraction of sp³-hybridized carbons (Fsp3) is 0.647. The molecule has 8 heteroatoms. The van der Waals surface area contributed by atoms with Gasteiger partial charge in [0.2, 0.25) is 0 Å². The third-order valence-corrected chi connectivity index (χ3v) is 5.74. The van der Waals surface area contributed by atoms with Gasteiger partial charge >= 0.3 is 5.97 Å². The van der Waals surface area contributed by atoms with E-state index < -0.39 is 21.3 Å². The Morgan fingerprint density at radius 2 is 1.88 bits per heavy atom. The number of hydrogen-bond donors (Lipinski definition) is 0. The molecule has 0 N–H and O–H groups in total. The van der Waals surface area contributed by atoms with Crippen LogP contribution in [-0.2, 0) is 27.6 Å². The Morgan fingerprint density at radius 1 is 1.32 bits per heavy atom. The van der Waals surface area contributed by atoms with Crippen molar-refractivity contribution in [2.45, 2.75) is 58.3 Å². The predicted molar refractivity (Wildman–Crippen MR) is 105 cm³/mol. The highest BCUT2D eigenvalue weighted by atomic mass is 79.9. The van der Waals surface area contributed by atoms with Crippen LogP contribution < -0.4 is 9.86 Å². The number of esters is 1. The zero-order valence-electron chi connectivity index (χ0n) is 15.9. The lowest BCUT2D eigenvalue weighted by Gasteiger charge is -2.36. The van der Waals surface area contributed by atoms with Gasteiger partial charge in [0.05, 0.1) is 21.5 Å². The van der Waals surface area contributed by atoms with E-state index in [2.05, 4.69) is 15.9 Å². The van der Waals surface area contributed by atoms with Gasteiger partial charge in [-0.15, -0.1) is 0 Å². The molecule has 0 aromatic carbocycles. The summed E-state index contributed by atoms with van der Waals surface area (Å²) in [6.07, 6.45) is 1.90. The Labute approximate surface area is 160 Å². The zero-order valence-corrected chi connectivity index (χ0v) is 18.3. The quantitative estimate of drug-likeness (QED) is 0.644. The molecule has 1 aromatic heterocycles. The van der Waals surface area contributed by atoms with E-state index in [1.807, 2.05) is 20.8 Å². The Hall–Kier alpha value is -1.15. The fourth-order valence-corrected chi connectivity index (χ4v) is 4.27. The number of pyridine rings is 1. The van der Waals surface area contributed by atoms with Gasteiger partial charge in [-0.05, 0) is 50.5 Å². The maximum absolute atomic E-state index is 13.1. The Morgan fingerprint density at radius 3 is 2.36 bits per heavy atom. The largest absolute Gasteiger partial charge is 0.458 e. The van der Waals surface area contributed by atoms with Crippen molar-refractivity contribution >= 4 is 38.6 Å². The van der Waals surface area contributed by atoms with Crippen LogP contribution in [0.3, 0.4) is 0 Å². The van der Waals surface area contributed by atoms with E-state index in [4.69, 9.17) is 4.74 Å². The molecule has 0 bridgehead atoms. The van der Waals surface area contributed by atoms with Crippen molar-refractivity contribution < 1.29 is 13.7 Å². The van der Waals surface area contributed by atoms with Crippen LogP contribution in [0, 0.1) is 0 Å². The topological polar surface area (TPSA) is 68.6 Å². The zero-order chi connectivity index (χ0) is 19.6. The molecule has 1 rings (SSSR count). The van der Waals surface area contributed by atoms with Crippen molar-refractivity contribution in [2.24, 2.45) is 7.05 Å². The minimum Gasteiger partial charge on any atom is -0.458 e. The fourth-order valence-electron chi connectivity index (χ4n) is 2.10. The highest BCUT2D eigenvalue weighted by Gasteiger charge is 2.34. The van der Waals surface area contributed by atoms with Crippen molar-refractivity contribution in [3.8, 4) is 0 Å². The minimum absolute atomic E-state index is 0.189. The summed E-state index contributed by atoms with van der Waals surface area (Å²) >= 11 is 3.45. The lowest BCUT2D eigenvalue weighted by molar-refractivity contribution is -0.154. The van der Waals surface area contributed by atoms with Gasteiger partial charge in [0.15, 0.2) is 0 Å². The summed E-state index contributed by atoms with van der Waals surface area (Å²) in [4.78, 5) is 23.8. The van der Waals surface area contributed by atoms with Crippen LogP contribution in [0.15, 0.2) is 21.5 Å². The van der Waals surface area contributed by atoms with E-state index in [0.717, 1.165) is 0 Å². The van der Waals surface area contributed by atoms with Crippen LogP contribution in [0.4, 0.5) is 5.69 Å². The second kappa shape index (κ2) is 8.03. The van der Waals surface area contributed by atoms with Crippen molar-refractivity contribution in [1.82, 2.24) is 4.57 Å². The van der Waals surface area contributed by atoms with Crippen LogP contribution in [0.25, 0.3) is 0 Å². The van der Waals surface area contributed by atoms with Crippen molar-refractivity contribution in [3.05, 3.63) is 27.1 Å². The first-order chi connectivity index (χ1) is 11.3. The molecule has 0 amide bonds. The number of nitrogens with zero attached hydrogens (tertiary/aromatic N) is 2. The van der Waals surface area contributed by atoms with Crippen molar-refractivity contribution in [1.29, 1.82) is 0 Å². The summed E-state index contributed by atoms with van der Waals surface area (Å²) in [5, 5.41) is 0. The normalized spacial score (nSPS) is 13.4. The Balaban J connectivity index is 3.37. The monoisotopic (exact) mass is 434 g/mol. The molecule has 1 heterocycles. The van der Waals surface area contributed by atoms with Gasteiger partial charge in [-0.3, -0.25) is 13.9 Å². The van der Waals surface area contributed by atoms with E-state index in [9.17, 15) is 13.8 Å². The molecule has 0 saturated carbocycles. The molecule has 0 radical (unpaired) electrons. The maximum Gasteiger partial charge on any atom is 0.306 e. The van der Waals surface area contributed by atoms with Gasteiger partial charge in [-0.2, -0.15) is 0 Å². The number of aryl methyl sites for hydroxylation is 1. The van der Waals surface area contributed by atoms with E-state index in [-0.39, 0.29) is 24.5 Å². The lowest BCUT2D eigenvalue weighted by atomic mass is 10.1. The second-order valence-electron chi connectivity index (χ2n) is 7.44. The smallest absolute Gasteiger partial charge is 0.306 e. The van der Waals surface area contributed by atoms with Crippen molar-refractivity contribution in [3.63, 3.8) is 0 Å². The summed E-state index contributed by atoms with van der Waals surface area (Å²) in [5.41, 5.74) is -0.566. The van der Waals surface area contributed by atoms with E-state index >= 15 is 0 Å². The number of halogens is 1. The SMILES string of the molecule is CCC(=O)OC(C)(C)CN(c1cc(=O)n(C)cc1Br)S(=O)C(C)(C)C. The van der Waals surface area contributed by atoms with Crippen molar-refractivity contribution in [2.75, 3.05) is 10.8 Å². The van der Waals surface area contributed by atoms with Gasteiger partial charge in [-0.1, -0.05) is 6.92 Å². The summed E-state index contributed by atoms with van der Waals surface area (Å²) in [6, 6.07) is 1.44. The van der Waals surface area contributed by atoms with Gasteiger partial charge in [0.1, 0.15) is 16.6 Å². The number of aromatic nitrogens is 1. The number of anilines is 1. The highest BCUT2D eigenvalue weighted by molar-refractivity contribution is 9.10. The van der Waals surface area contributed by atoms with Gasteiger partial charge in [0, 0.05) is 25.7 Å². The summed E-state index contributed by atoms with van der Waals surface area (Å²) in [7, 11) is 0.197. The molecule has 6 nitrogen and oxygen atoms in total. The third kappa shape index (κ3) is 5.95. The standard InChI is InChI=1S/C17H27BrN2O4S/c1-8-15(22)24-17(5,6)11-20(25(23)16(2,3)4)13-9-14(21)19(7)10-12(13)18/h9-10H,8,11H2,1-7H3. The molecule has 1 atom stereocenters. The van der Waals surface area contributed by atoms with Crippen LogP contribution in [0.1, 0.15) is 48.0 Å². The van der Waals surface area contributed by atoms with Gasteiger partial charge in [-0.25, -0.2) is 4.21 Å². The number of carbonyl (C=O) groups is 1. The molecule has 0 aliphatic heterocycles. The number of ether oxygens (including phenoxy) is 1. The molecule has 0 aliphatic carbocycles. The average Bonchev–Trinajstić information content (AvgIpc) is 2.46. The van der Waals surface area contributed by atoms with E-state index in [0.29, 0.717) is 10.2 Å². The molecule has 142 valence electrons. The summed E-state index contributed by atoms with van der Waals surface area (Å²) < 4.78 is 21.7. The van der Waals surface area contributed by atoms with Gasteiger partial charge < -0.3 is 9.30 Å². The van der Waals surface area contributed by atoms with E-state index in [1.54, 1.807) is 38.3 Å². The molecule has 1 unspecified atom stereocenters. The molecular weight excluding hydrogens is 408 g/mol. The lowest BCUT2D eigenvalue weighted by Crippen LogP contribution is -2.47. The van der Waals surface area contributed by atoms with Crippen LogP contribution >= 0.6 is 15.9 Å². The number of rotatable bonds is 6. The molecular formula is C17H27BrN2O4S. The molecule has 0 aliphatic rings. The molecule has 25 heavy (non-hydrogen) atoms. The van der Waals surface area contributed by atoms with Crippen LogP contribution in [0.5, 0.6) is 0 Å². The number of carbonyl (C=O) groups excluding carboxylic acids is 1. The first-order valence-corrected chi connectivity index (χ1v) is 9.96. The first-order valence-electron chi connectivity index (χ1n) is 8.06. The van der Waals surface area contributed by atoms with Crippen LogP contribution in [0.2, 0.25) is 0 Å². The Kier molecular flexibility index (Phi) is 7.03. The first kappa shape index (κ1) is 21.9.